The molecule has 150 valence electrons. The van der Waals surface area contributed by atoms with E-state index in [4.69, 9.17) is 4.42 Å². The summed E-state index contributed by atoms with van der Waals surface area (Å²) < 4.78 is 6.63. The monoisotopic (exact) mass is 406 g/mol. The number of anilines is 1. The number of amides is 1. The molecule has 0 fully saturated rings. The molecule has 4 rings (SSSR count). The minimum Gasteiger partial charge on any atom is -0.463 e. The van der Waals surface area contributed by atoms with Gasteiger partial charge in [0.2, 0.25) is 5.95 Å². The van der Waals surface area contributed by atoms with E-state index < -0.39 is 10.8 Å². The lowest BCUT2D eigenvalue weighted by Crippen LogP contribution is -2.18. The molecule has 11 heteroatoms. The molecule has 0 atom stereocenters. The van der Waals surface area contributed by atoms with E-state index in [2.05, 4.69) is 20.4 Å². The molecule has 0 aliphatic rings. The first-order chi connectivity index (χ1) is 14.4. The molecule has 4 aromatic rings. The number of nitro benzene ring substituents is 1. The van der Waals surface area contributed by atoms with Gasteiger partial charge in [-0.2, -0.15) is 9.78 Å². The van der Waals surface area contributed by atoms with Gasteiger partial charge >= 0.3 is 0 Å². The zero-order valence-electron chi connectivity index (χ0n) is 15.5. The molecule has 0 aliphatic heterocycles. The van der Waals surface area contributed by atoms with E-state index >= 15 is 0 Å². The number of hydrogen-bond acceptors (Lipinski definition) is 7. The molecule has 0 radical (unpaired) electrons. The first-order valence-corrected chi connectivity index (χ1v) is 8.69. The fourth-order valence-corrected chi connectivity index (χ4v) is 2.76. The highest BCUT2D eigenvalue weighted by atomic mass is 16.6. The molecular weight excluding hydrogens is 392 g/mol. The van der Waals surface area contributed by atoms with Crippen molar-refractivity contribution >= 4 is 17.4 Å². The Bertz CT molecular complexity index is 1290. The van der Waals surface area contributed by atoms with Crippen molar-refractivity contribution in [1.82, 2.24) is 19.7 Å². The number of nitrogens with one attached hydrogen (secondary N) is 2. The first-order valence-electron chi connectivity index (χ1n) is 8.69. The van der Waals surface area contributed by atoms with Gasteiger partial charge in [-0.3, -0.25) is 24.7 Å². The van der Waals surface area contributed by atoms with Crippen molar-refractivity contribution in [3.63, 3.8) is 0 Å². The summed E-state index contributed by atoms with van der Waals surface area (Å²) in [6, 6.07) is 11.4. The Labute approximate surface area is 168 Å². The van der Waals surface area contributed by atoms with E-state index in [-0.39, 0.29) is 28.6 Å². The number of aromatic nitrogens is 4. The van der Waals surface area contributed by atoms with Crippen molar-refractivity contribution in [2.24, 2.45) is 0 Å². The second-order valence-corrected chi connectivity index (χ2v) is 6.27. The van der Waals surface area contributed by atoms with Crippen molar-refractivity contribution in [3.05, 3.63) is 86.5 Å². The maximum atomic E-state index is 12.7. The lowest BCUT2D eigenvalue weighted by molar-refractivity contribution is -0.384. The van der Waals surface area contributed by atoms with Crippen LogP contribution in [0.4, 0.5) is 11.5 Å². The second kappa shape index (κ2) is 7.47. The highest BCUT2D eigenvalue weighted by Crippen LogP contribution is 2.24. The number of aryl methyl sites for hydroxylation is 1. The van der Waals surface area contributed by atoms with Crippen LogP contribution in [0.15, 0.2) is 64.0 Å². The Morgan fingerprint density at radius 3 is 2.63 bits per heavy atom. The lowest BCUT2D eigenvalue weighted by Gasteiger charge is -2.08. The van der Waals surface area contributed by atoms with Crippen LogP contribution in [0.3, 0.4) is 0 Å². The normalized spacial score (nSPS) is 10.7. The summed E-state index contributed by atoms with van der Waals surface area (Å²) in [4.78, 5) is 41.6. The van der Waals surface area contributed by atoms with Crippen LogP contribution in [0.2, 0.25) is 0 Å². The largest absolute Gasteiger partial charge is 0.463 e. The summed E-state index contributed by atoms with van der Waals surface area (Å²) in [5.41, 5.74) is 0.580. The van der Waals surface area contributed by atoms with Gasteiger partial charge in [0.05, 0.1) is 11.2 Å². The number of H-pyrrole nitrogens is 1. The summed E-state index contributed by atoms with van der Waals surface area (Å²) >= 11 is 0. The zero-order valence-corrected chi connectivity index (χ0v) is 15.5. The summed E-state index contributed by atoms with van der Waals surface area (Å²) in [6.45, 7) is 1.66. The number of hydrogen-bond donors (Lipinski definition) is 2. The highest BCUT2D eigenvalue weighted by Gasteiger charge is 2.18. The number of aromatic amines is 1. The lowest BCUT2D eigenvalue weighted by atomic mass is 10.2. The topological polar surface area (TPSA) is 149 Å². The molecule has 3 aromatic heterocycles. The Morgan fingerprint density at radius 1 is 1.23 bits per heavy atom. The minimum absolute atomic E-state index is 0.108. The van der Waals surface area contributed by atoms with Gasteiger partial charge in [0.15, 0.2) is 5.76 Å². The maximum Gasteiger partial charge on any atom is 0.269 e. The van der Waals surface area contributed by atoms with Crippen molar-refractivity contribution < 1.29 is 14.1 Å². The number of non-ortho nitro benzene ring substituents is 1. The molecule has 2 N–H and O–H groups in total. The van der Waals surface area contributed by atoms with Gasteiger partial charge in [0.25, 0.3) is 17.2 Å². The third kappa shape index (κ3) is 3.71. The average Bonchev–Trinajstić information content (AvgIpc) is 3.37. The van der Waals surface area contributed by atoms with Gasteiger partial charge in [0.1, 0.15) is 11.5 Å². The molecular formula is C19H14N6O5. The van der Waals surface area contributed by atoms with Gasteiger partial charge in [-0.05, 0) is 31.2 Å². The van der Waals surface area contributed by atoms with E-state index in [1.165, 1.54) is 41.3 Å². The van der Waals surface area contributed by atoms with E-state index in [9.17, 15) is 19.7 Å². The van der Waals surface area contributed by atoms with Crippen LogP contribution in [-0.2, 0) is 0 Å². The van der Waals surface area contributed by atoms with Gasteiger partial charge < -0.3 is 9.73 Å². The van der Waals surface area contributed by atoms with E-state index in [0.717, 1.165) is 0 Å². The maximum absolute atomic E-state index is 12.7. The summed E-state index contributed by atoms with van der Waals surface area (Å²) in [5, 5.41) is 17.9. The average molecular weight is 406 g/mol. The van der Waals surface area contributed by atoms with Crippen molar-refractivity contribution in [1.29, 1.82) is 0 Å². The van der Waals surface area contributed by atoms with Gasteiger partial charge in [0, 0.05) is 35.5 Å². The molecule has 0 bridgehead atoms. The number of rotatable bonds is 5. The van der Waals surface area contributed by atoms with Crippen LogP contribution in [0.5, 0.6) is 0 Å². The van der Waals surface area contributed by atoms with Crippen molar-refractivity contribution in [2.45, 2.75) is 6.92 Å². The fraction of sp³-hybridized carbons (Fsp3) is 0.0526. The van der Waals surface area contributed by atoms with Gasteiger partial charge in [-0.1, -0.05) is 0 Å². The molecule has 3 heterocycles. The number of carbonyl (C=O) groups excluding carboxylic acids is 1. The molecule has 0 unspecified atom stereocenters. The van der Waals surface area contributed by atoms with Crippen LogP contribution >= 0.6 is 0 Å². The summed E-state index contributed by atoms with van der Waals surface area (Å²) in [5.74, 6) is 0.261. The standard InChI is InChI=1S/C19H14N6O5/c1-11-9-17(26)22-19(20-11)24-16(10-14(23-24)15-3-2-8-30-15)21-18(27)12-4-6-13(7-5-12)25(28)29/h2-10H,1H3,(H,21,27)(H,20,22,26). The molecule has 0 saturated carbocycles. The Kier molecular flexibility index (Phi) is 4.68. The van der Waals surface area contributed by atoms with Crippen LogP contribution in [-0.4, -0.2) is 30.6 Å². The van der Waals surface area contributed by atoms with Crippen LogP contribution in [0.25, 0.3) is 17.4 Å². The van der Waals surface area contributed by atoms with Crippen LogP contribution in [0.1, 0.15) is 16.1 Å². The minimum atomic E-state index is -0.549. The zero-order chi connectivity index (χ0) is 21.3. The molecule has 0 aliphatic carbocycles. The third-order valence-electron chi connectivity index (χ3n) is 4.12. The van der Waals surface area contributed by atoms with Gasteiger partial charge in [-0.25, -0.2) is 4.98 Å². The molecule has 1 aromatic carbocycles. The second-order valence-electron chi connectivity index (χ2n) is 6.27. The molecule has 0 saturated heterocycles. The summed E-state index contributed by atoms with van der Waals surface area (Å²) in [6.07, 6.45) is 1.48. The Morgan fingerprint density at radius 2 is 2.00 bits per heavy atom. The van der Waals surface area contributed by atoms with E-state index in [1.54, 1.807) is 25.1 Å². The SMILES string of the molecule is Cc1cc(=O)[nH]c(-n2nc(-c3ccco3)cc2NC(=O)c2ccc([N+](=O)[O-])cc2)n1. The smallest absolute Gasteiger partial charge is 0.269 e. The highest BCUT2D eigenvalue weighted by molar-refractivity contribution is 6.04. The predicted molar refractivity (Wildman–Crippen MR) is 105 cm³/mol. The number of nitro groups is 1. The number of benzene rings is 1. The number of nitrogens with zero attached hydrogens (tertiary/aromatic N) is 4. The van der Waals surface area contributed by atoms with Crippen LogP contribution < -0.4 is 10.9 Å². The first kappa shape index (κ1) is 18.8. The fourth-order valence-electron chi connectivity index (χ4n) is 2.76. The Hall–Kier alpha value is -4.54. The number of carbonyl (C=O) groups is 1. The predicted octanol–water partition coefficient (Wildman–Crippen LogP) is 2.68. The van der Waals surface area contributed by atoms with E-state index in [1.807, 2.05) is 0 Å². The number of furan rings is 1. The van der Waals surface area contributed by atoms with E-state index in [0.29, 0.717) is 17.1 Å². The van der Waals surface area contributed by atoms with Crippen molar-refractivity contribution in [2.75, 3.05) is 5.32 Å². The Balaban J connectivity index is 1.73. The van der Waals surface area contributed by atoms with Crippen LogP contribution in [0, 0.1) is 17.0 Å². The molecule has 30 heavy (non-hydrogen) atoms. The quantitative estimate of drug-likeness (QED) is 0.382. The molecule has 0 spiro atoms. The van der Waals surface area contributed by atoms with Crippen molar-refractivity contribution in [3.8, 4) is 17.4 Å². The summed E-state index contributed by atoms with van der Waals surface area (Å²) in [7, 11) is 0. The third-order valence-corrected chi connectivity index (χ3v) is 4.12. The van der Waals surface area contributed by atoms with Gasteiger partial charge in [-0.15, -0.1) is 0 Å². The molecule has 1 amide bonds. The molecule has 11 nitrogen and oxygen atoms in total.